The van der Waals surface area contributed by atoms with Gasteiger partial charge >= 0.3 is 192 Å². The third-order valence-corrected chi connectivity index (χ3v) is 0. The van der Waals surface area contributed by atoms with Crippen molar-refractivity contribution >= 4 is 0 Å². The van der Waals surface area contributed by atoms with Gasteiger partial charge in [-0.15, -0.1) is 0 Å². The van der Waals surface area contributed by atoms with Gasteiger partial charge in [0.1, 0.15) is 0 Å². The van der Waals surface area contributed by atoms with E-state index in [9.17, 15) is 0 Å². The maximum absolute atomic E-state index is 8.63. The van der Waals surface area contributed by atoms with Gasteiger partial charge in [-0.3, -0.25) is 0 Å². The Labute approximate surface area is 187 Å². The molecule has 0 aromatic rings. The van der Waals surface area contributed by atoms with Crippen LogP contribution in [0.3, 0.4) is 0 Å². The molecule has 0 aliphatic rings. The van der Waals surface area contributed by atoms with Crippen molar-refractivity contribution in [3.8, 4) is 0 Å². The second kappa shape index (κ2) is 14.7. The van der Waals surface area contributed by atoms with E-state index in [2.05, 4.69) is 0 Å². The summed E-state index contributed by atoms with van der Waals surface area (Å²) in [7, 11) is 0. The summed E-state index contributed by atoms with van der Waals surface area (Å²) >= 11 is -18.1. The molecule has 0 heterocycles. The molecule has 0 saturated carbocycles. The Bertz CT molecular complexity index is 341. The zero-order chi connectivity index (χ0) is 13.5. The molecule has 0 aliphatic heterocycles. The van der Waals surface area contributed by atoms with Crippen LogP contribution >= 0.6 is 0 Å². The Balaban J connectivity index is -0.0000000400. The average molecular weight is 784 g/mol. The monoisotopic (exact) mass is 791 g/mol. The minimum absolute atomic E-state index is 0. The summed E-state index contributed by atoms with van der Waals surface area (Å²) in [6.07, 6.45) is 0. The van der Waals surface area contributed by atoms with Crippen LogP contribution < -0.4 is 22.6 Å². The zero-order valence-electron chi connectivity index (χ0n) is 6.88. The van der Waals surface area contributed by atoms with Crippen LogP contribution in [-0.2, 0) is 70.6 Å². The Kier molecular flexibility index (Phi) is 28.3. The molecule has 0 aromatic carbocycles. The van der Waals surface area contributed by atoms with E-state index in [1.165, 1.54) is 0 Å². The molecule has 0 N–H and O–H groups in total. The molecule has 0 aromatic heterocycles. The average Bonchev–Trinajstić information content (AvgIpc) is 1.41. The van der Waals surface area contributed by atoms with Gasteiger partial charge in [-0.2, -0.15) is 0 Å². The molecule has 0 fully saturated rings. The fourth-order valence-corrected chi connectivity index (χ4v) is 0. The quantitative estimate of drug-likeness (QED) is 0.208. The van der Waals surface area contributed by atoms with Crippen molar-refractivity contribution < 1.29 is 192 Å². The van der Waals surface area contributed by atoms with Crippen LogP contribution in [0.1, 0.15) is 0 Å². The molecular formula is Eu2Mo3O12. The summed E-state index contributed by atoms with van der Waals surface area (Å²) in [5, 5.41) is 0. The van der Waals surface area contributed by atoms with Gasteiger partial charge in [-0.25, -0.2) is 0 Å². The van der Waals surface area contributed by atoms with Crippen LogP contribution in [0.2, 0.25) is 0 Å². The first-order valence-corrected chi connectivity index (χ1v) is 11.8. The summed E-state index contributed by atoms with van der Waals surface area (Å²) in [6, 6.07) is 0. The van der Waals surface area contributed by atoms with Crippen molar-refractivity contribution in [1.82, 2.24) is 0 Å². The predicted octanol–water partition coefficient (Wildman–Crippen LogP) is -7.85. The molecule has 17 heavy (non-hydrogen) atoms. The molecule has 104 valence electrons. The van der Waals surface area contributed by atoms with Crippen molar-refractivity contribution in [1.29, 1.82) is 0 Å². The van der Waals surface area contributed by atoms with E-state index in [1.807, 2.05) is 0 Å². The van der Waals surface area contributed by atoms with E-state index >= 15 is 0 Å². The summed E-state index contributed by atoms with van der Waals surface area (Å²) in [4.78, 5) is 0. The molecule has 0 spiro atoms. The first-order chi connectivity index (χ1) is 6.00. The van der Waals surface area contributed by atoms with Crippen LogP contribution in [0, 0.1) is 98.8 Å². The molecule has 12 nitrogen and oxygen atoms in total. The van der Waals surface area contributed by atoms with E-state index in [4.69, 9.17) is 42.9 Å². The van der Waals surface area contributed by atoms with Gasteiger partial charge in [-0.1, -0.05) is 0 Å². The Morgan fingerprint density at radius 3 is 0.412 bits per heavy atom. The van der Waals surface area contributed by atoms with E-state index in [1.54, 1.807) is 0 Å². The fraction of sp³-hybridized carbons (Fsp3) is 0. The molecule has 0 amide bonds. The van der Waals surface area contributed by atoms with Gasteiger partial charge in [-0.05, 0) is 0 Å². The van der Waals surface area contributed by atoms with Crippen LogP contribution in [0.15, 0.2) is 0 Å². The van der Waals surface area contributed by atoms with Crippen molar-refractivity contribution in [3.63, 3.8) is 0 Å². The number of hydrogen-bond donors (Lipinski definition) is 0. The van der Waals surface area contributed by atoms with Crippen molar-refractivity contribution in [2.24, 2.45) is 0 Å². The van der Waals surface area contributed by atoms with Gasteiger partial charge < -0.3 is 0 Å². The molecule has 0 unspecified atom stereocenters. The van der Waals surface area contributed by atoms with Crippen LogP contribution in [0.5, 0.6) is 0 Å². The molecule has 17 heteroatoms. The molecule has 0 aliphatic carbocycles. The fourth-order valence-electron chi connectivity index (χ4n) is 0. The topological polar surface area (TPSA) is 241 Å². The van der Waals surface area contributed by atoms with E-state index in [0.29, 0.717) is 0 Å². The van der Waals surface area contributed by atoms with Gasteiger partial charge in [0.05, 0.1) is 0 Å². The van der Waals surface area contributed by atoms with Crippen molar-refractivity contribution in [3.05, 3.63) is 0 Å². The van der Waals surface area contributed by atoms with E-state index in [0.717, 1.165) is 0 Å². The zero-order valence-corrected chi connectivity index (χ0v) is 17.8. The van der Waals surface area contributed by atoms with E-state index < -0.39 is 50.2 Å². The maximum atomic E-state index is 8.63. The first kappa shape index (κ1) is 32.7. The third-order valence-electron chi connectivity index (χ3n) is 0. The summed E-state index contributed by atoms with van der Waals surface area (Å²) in [5.41, 5.74) is 0. The Morgan fingerprint density at radius 1 is 0.412 bits per heavy atom. The predicted molar refractivity (Wildman–Crippen MR) is 4.12 cm³/mol. The minimum atomic E-state index is -6.02. The van der Waals surface area contributed by atoms with Crippen LogP contribution in [0.4, 0.5) is 0 Å². The normalized spacial score (nSPS) is 10.2. The first-order valence-electron chi connectivity index (χ1n) is 2.00. The molecule has 0 bridgehead atoms. The second-order valence-corrected chi connectivity index (χ2v) is 7.25. The third kappa shape index (κ3) is 435. The van der Waals surface area contributed by atoms with Crippen molar-refractivity contribution in [2.75, 3.05) is 0 Å². The van der Waals surface area contributed by atoms with Gasteiger partial charge in [0.15, 0.2) is 0 Å². The molecular weight excluding hydrogens is 784 g/mol. The Hall–Kier alpha value is 3.79. The van der Waals surface area contributed by atoms with Crippen LogP contribution in [-0.4, -0.2) is 0 Å². The molecule has 0 radical (unpaired) electrons. The molecule has 0 rings (SSSR count). The standard InChI is InChI=1S/2Eu.3Mo.12O/q2*+3;;;;;;;;;;6*-1. The SMILES string of the molecule is [Eu+3].[Eu+3].[O]=[Mo](=[O])([O-])[O-].[O]=[Mo](=[O])([O-])[O-].[O]=[Mo](=[O])([O-])[O-]. The summed E-state index contributed by atoms with van der Waals surface area (Å²) < 4.78 is 104. The van der Waals surface area contributed by atoms with Gasteiger partial charge in [0, 0.05) is 0 Å². The van der Waals surface area contributed by atoms with E-state index in [-0.39, 0.29) is 98.8 Å². The molecule has 0 saturated heterocycles. The van der Waals surface area contributed by atoms with Crippen molar-refractivity contribution in [2.45, 2.75) is 0 Å². The second-order valence-electron chi connectivity index (χ2n) is 1.22. The Morgan fingerprint density at radius 2 is 0.412 bits per heavy atom. The van der Waals surface area contributed by atoms with Gasteiger partial charge in [0.2, 0.25) is 0 Å². The number of hydrogen-bond acceptors (Lipinski definition) is 12. The summed E-state index contributed by atoms with van der Waals surface area (Å²) in [5.74, 6) is 0. The van der Waals surface area contributed by atoms with Crippen LogP contribution in [0.25, 0.3) is 0 Å². The van der Waals surface area contributed by atoms with Gasteiger partial charge in [0.25, 0.3) is 0 Å². The summed E-state index contributed by atoms with van der Waals surface area (Å²) in [6.45, 7) is 0. The number of rotatable bonds is 0. The molecule has 0 atom stereocenters.